The molecule has 3 N–H and O–H groups in total. The molecule has 2 aromatic rings. The van der Waals surface area contributed by atoms with Gasteiger partial charge in [-0.25, -0.2) is 0 Å². The number of amides is 1. The average molecular weight is 347 g/mol. The number of primary amides is 1. The summed E-state index contributed by atoms with van der Waals surface area (Å²) in [5, 5.41) is 3.52. The molecule has 21 heavy (non-hydrogen) atoms. The summed E-state index contributed by atoms with van der Waals surface area (Å²) in [6.45, 7) is 2.85. The molecule has 0 aromatic heterocycles. The van der Waals surface area contributed by atoms with Crippen molar-refractivity contribution >= 4 is 21.8 Å². The van der Waals surface area contributed by atoms with E-state index < -0.39 is 5.91 Å². The van der Waals surface area contributed by atoms with Crippen LogP contribution in [-0.4, -0.2) is 5.91 Å². The third kappa shape index (κ3) is 4.41. The molecular weight excluding hydrogens is 328 g/mol. The molecule has 1 amide bonds. The topological polar surface area (TPSA) is 55.1 Å². The second-order valence-electron chi connectivity index (χ2n) is 4.96. The van der Waals surface area contributed by atoms with Crippen molar-refractivity contribution < 1.29 is 4.79 Å². The van der Waals surface area contributed by atoms with Gasteiger partial charge in [-0.05, 0) is 41.8 Å². The van der Waals surface area contributed by atoms with Crippen LogP contribution in [0.2, 0.25) is 0 Å². The van der Waals surface area contributed by atoms with E-state index in [9.17, 15) is 4.79 Å². The number of hydrogen-bond donors (Lipinski definition) is 2. The second kappa shape index (κ2) is 7.38. The second-order valence-corrected chi connectivity index (χ2v) is 5.88. The van der Waals surface area contributed by atoms with Gasteiger partial charge in [0, 0.05) is 22.6 Å². The molecule has 110 valence electrons. The lowest BCUT2D eigenvalue weighted by Gasteiger charge is -2.18. The molecule has 4 heteroatoms. The first kappa shape index (κ1) is 15.7. The minimum atomic E-state index is -0.393. The molecule has 0 bridgehead atoms. The van der Waals surface area contributed by atoms with E-state index in [1.165, 1.54) is 5.56 Å². The molecule has 0 spiro atoms. The molecule has 0 saturated carbocycles. The molecule has 1 unspecified atom stereocenters. The van der Waals surface area contributed by atoms with Crippen molar-refractivity contribution in [2.75, 3.05) is 0 Å². The fourth-order valence-electron chi connectivity index (χ4n) is 2.30. The largest absolute Gasteiger partial charge is 0.366 e. The summed E-state index contributed by atoms with van der Waals surface area (Å²) >= 11 is 3.50. The maximum absolute atomic E-state index is 11.2. The lowest BCUT2D eigenvalue weighted by Crippen LogP contribution is -2.20. The van der Waals surface area contributed by atoms with Crippen molar-refractivity contribution in [3.63, 3.8) is 0 Å². The lowest BCUT2D eigenvalue weighted by molar-refractivity contribution is 0.1000. The van der Waals surface area contributed by atoms with Gasteiger partial charge in [-0.3, -0.25) is 4.79 Å². The third-order valence-electron chi connectivity index (χ3n) is 3.42. The summed E-state index contributed by atoms with van der Waals surface area (Å²) in [6.07, 6.45) is 0.992. The van der Waals surface area contributed by atoms with Crippen LogP contribution in [0.5, 0.6) is 0 Å². The predicted octanol–water partition coefficient (Wildman–Crippen LogP) is 3.79. The molecule has 0 heterocycles. The van der Waals surface area contributed by atoms with Gasteiger partial charge in [0.15, 0.2) is 0 Å². The number of nitrogens with one attached hydrogen (secondary N) is 1. The van der Waals surface area contributed by atoms with Crippen molar-refractivity contribution in [3.05, 3.63) is 69.7 Å². The number of benzene rings is 2. The fraction of sp³-hybridized carbons (Fsp3) is 0.235. The quantitative estimate of drug-likeness (QED) is 0.835. The van der Waals surface area contributed by atoms with E-state index in [4.69, 9.17) is 5.73 Å². The number of hydrogen-bond acceptors (Lipinski definition) is 2. The summed E-state index contributed by atoms with van der Waals surface area (Å²) in [5.74, 6) is -0.393. The molecule has 2 rings (SSSR count). The van der Waals surface area contributed by atoms with E-state index in [-0.39, 0.29) is 6.04 Å². The minimum Gasteiger partial charge on any atom is -0.366 e. The Kier molecular flexibility index (Phi) is 5.53. The highest BCUT2D eigenvalue weighted by atomic mass is 79.9. The minimum absolute atomic E-state index is 0.278. The molecule has 0 saturated heterocycles. The monoisotopic (exact) mass is 346 g/mol. The van der Waals surface area contributed by atoms with Gasteiger partial charge in [-0.15, -0.1) is 0 Å². The van der Waals surface area contributed by atoms with E-state index in [1.807, 2.05) is 30.3 Å². The Morgan fingerprint density at radius 1 is 1.24 bits per heavy atom. The van der Waals surface area contributed by atoms with Crippen LogP contribution in [0.1, 0.15) is 40.9 Å². The fourth-order valence-corrected chi connectivity index (χ4v) is 2.71. The van der Waals surface area contributed by atoms with Crippen molar-refractivity contribution in [1.29, 1.82) is 0 Å². The smallest absolute Gasteiger partial charge is 0.248 e. The van der Waals surface area contributed by atoms with Crippen molar-refractivity contribution in [2.45, 2.75) is 25.9 Å². The van der Waals surface area contributed by atoms with Crippen molar-refractivity contribution in [1.82, 2.24) is 5.32 Å². The maximum atomic E-state index is 11.2. The summed E-state index contributed by atoms with van der Waals surface area (Å²) in [5.41, 5.74) is 8.16. The molecule has 0 aliphatic rings. The van der Waals surface area contributed by atoms with Gasteiger partial charge >= 0.3 is 0 Å². The Bertz CT molecular complexity index is 628. The van der Waals surface area contributed by atoms with Crippen molar-refractivity contribution in [3.8, 4) is 0 Å². The first-order valence-electron chi connectivity index (χ1n) is 6.97. The van der Waals surface area contributed by atoms with Crippen LogP contribution in [0.4, 0.5) is 0 Å². The van der Waals surface area contributed by atoms with Gasteiger partial charge in [0.05, 0.1) is 0 Å². The van der Waals surface area contributed by atoms with E-state index >= 15 is 0 Å². The van der Waals surface area contributed by atoms with Gasteiger partial charge in [-0.1, -0.05) is 47.1 Å². The SMILES string of the molecule is CCC(NCc1cccc(C(N)=O)c1)c1cccc(Br)c1. The molecule has 1 atom stereocenters. The van der Waals surface area contributed by atoms with E-state index in [2.05, 4.69) is 40.3 Å². The van der Waals surface area contributed by atoms with Crippen LogP contribution >= 0.6 is 15.9 Å². The van der Waals surface area contributed by atoms with Gasteiger partial charge in [0.25, 0.3) is 0 Å². The predicted molar refractivity (Wildman–Crippen MR) is 89.0 cm³/mol. The molecule has 2 aromatic carbocycles. The Hall–Kier alpha value is -1.65. The van der Waals surface area contributed by atoms with Crippen LogP contribution in [0.3, 0.4) is 0 Å². The summed E-state index contributed by atoms with van der Waals surface area (Å²) in [6, 6.07) is 16.0. The standard InChI is InChI=1S/C17H19BrN2O/c1-2-16(13-6-4-8-15(18)10-13)20-11-12-5-3-7-14(9-12)17(19)21/h3-10,16,20H,2,11H2,1H3,(H2,19,21). The molecule has 0 fully saturated rings. The Morgan fingerprint density at radius 2 is 2.00 bits per heavy atom. The summed E-state index contributed by atoms with van der Waals surface area (Å²) in [4.78, 5) is 11.2. The third-order valence-corrected chi connectivity index (χ3v) is 3.92. The van der Waals surface area contributed by atoms with Crippen LogP contribution in [0.25, 0.3) is 0 Å². The zero-order valence-corrected chi connectivity index (χ0v) is 13.6. The number of rotatable bonds is 6. The zero-order chi connectivity index (χ0) is 15.2. The van der Waals surface area contributed by atoms with Crippen LogP contribution in [-0.2, 0) is 6.54 Å². The van der Waals surface area contributed by atoms with Crippen LogP contribution in [0, 0.1) is 0 Å². The molecule has 3 nitrogen and oxygen atoms in total. The number of carbonyl (C=O) groups is 1. The highest BCUT2D eigenvalue weighted by molar-refractivity contribution is 9.10. The Morgan fingerprint density at radius 3 is 2.67 bits per heavy atom. The number of nitrogens with two attached hydrogens (primary N) is 1. The van der Waals surface area contributed by atoms with Gasteiger partial charge in [-0.2, -0.15) is 0 Å². The van der Waals surface area contributed by atoms with E-state index in [1.54, 1.807) is 6.07 Å². The number of carbonyl (C=O) groups excluding carboxylic acids is 1. The molecule has 0 aliphatic carbocycles. The zero-order valence-electron chi connectivity index (χ0n) is 12.0. The Balaban J connectivity index is 2.06. The maximum Gasteiger partial charge on any atom is 0.248 e. The van der Waals surface area contributed by atoms with Gasteiger partial charge in [0.2, 0.25) is 5.91 Å². The lowest BCUT2D eigenvalue weighted by atomic mass is 10.0. The van der Waals surface area contributed by atoms with E-state index in [0.717, 1.165) is 16.5 Å². The Labute approximate surface area is 133 Å². The normalized spacial score (nSPS) is 12.1. The number of halogens is 1. The van der Waals surface area contributed by atoms with Gasteiger partial charge < -0.3 is 11.1 Å². The van der Waals surface area contributed by atoms with Gasteiger partial charge in [0.1, 0.15) is 0 Å². The van der Waals surface area contributed by atoms with E-state index in [0.29, 0.717) is 12.1 Å². The average Bonchev–Trinajstić information content (AvgIpc) is 2.48. The summed E-state index contributed by atoms with van der Waals surface area (Å²) in [7, 11) is 0. The molecule has 0 radical (unpaired) electrons. The first-order valence-corrected chi connectivity index (χ1v) is 7.77. The molecule has 0 aliphatic heterocycles. The first-order chi connectivity index (χ1) is 10.1. The summed E-state index contributed by atoms with van der Waals surface area (Å²) < 4.78 is 1.08. The van der Waals surface area contributed by atoms with Crippen LogP contribution in [0.15, 0.2) is 53.0 Å². The van der Waals surface area contributed by atoms with Crippen LogP contribution < -0.4 is 11.1 Å². The highest BCUT2D eigenvalue weighted by Gasteiger charge is 2.09. The highest BCUT2D eigenvalue weighted by Crippen LogP contribution is 2.21. The van der Waals surface area contributed by atoms with Crippen molar-refractivity contribution in [2.24, 2.45) is 5.73 Å². The molecular formula is C17H19BrN2O.